The van der Waals surface area contributed by atoms with Crippen LogP contribution in [0.1, 0.15) is 11.7 Å². The number of anilines is 2. The first-order valence-corrected chi connectivity index (χ1v) is 9.05. The van der Waals surface area contributed by atoms with Crippen molar-refractivity contribution in [2.24, 2.45) is 5.73 Å². The number of aromatic nitrogens is 1. The van der Waals surface area contributed by atoms with Crippen molar-refractivity contribution in [1.82, 2.24) is 5.16 Å². The standard InChI is InChI=1S/C16H12F4N4O3S/c17-8-1-2-11(18)10(5-8)16(21)22-9-6-12(19)15(13(20)7-9)28(25,26)24-14-3-4-27-23-14/h1-7,16,22H,21H2,(H,23,24)/t16-/m1/s1. The summed E-state index contributed by atoms with van der Waals surface area (Å²) in [6.45, 7) is 0. The zero-order valence-corrected chi connectivity index (χ0v) is 14.6. The van der Waals surface area contributed by atoms with Crippen LogP contribution < -0.4 is 15.8 Å². The fourth-order valence-electron chi connectivity index (χ4n) is 2.36. The number of hydrogen-bond acceptors (Lipinski definition) is 6. The van der Waals surface area contributed by atoms with Crippen LogP contribution in [-0.2, 0) is 10.0 Å². The third-order valence-corrected chi connectivity index (χ3v) is 4.96. The lowest BCUT2D eigenvalue weighted by Crippen LogP contribution is -2.22. The quantitative estimate of drug-likeness (QED) is 0.421. The molecule has 1 heterocycles. The van der Waals surface area contributed by atoms with Gasteiger partial charge in [0.2, 0.25) is 0 Å². The number of sulfonamides is 1. The summed E-state index contributed by atoms with van der Waals surface area (Å²) in [7, 11) is -4.65. The largest absolute Gasteiger partial charge is 0.366 e. The molecule has 0 aliphatic heterocycles. The average Bonchev–Trinajstić information content (AvgIpc) is 3.08. The van der Waals surface area contributed by atoms with Crippen molar-refractivity contribution in [3.63, 3.8) is 0 Å². The Morgan fingerprint density at radius 3 is 2.29 bits per heavy atom. The van der Waals surface area contributed by atoms with E-state index in [9.17, 15) is 26.0 Å². The highest BCUT2D eigenvalue weighted by atomic mass is 32.2. The second kappa shape index (κ2) is 7.48. The molecule has 1 atom stereocenters. The van der Waals surface area contributed by atoms with Crippen molar-refractivity contribution >= 4 is 21.5 Å². The second-order valence-corrected chi connectivity index (χ2v) is 7.17. The molecule has 4 N–H and O–H groups in total. The number of hydrogen-bond donors (Lipinski definition) is 3. The van der Waals surface area contributed by atoms with E-state index >= 15 is 0 Å². The highest BCUT2D eigenvalue weighted by Gasteiger charge is 2.26. The van der Waals surface area contributed by atoms with Gasteiger partial charge < -0.3 is 15.6 Å². The van der Waals surface area contributed by atoms with Gasteiger partial charge in [-0.2, -0.15) is 0 Å². The lowest BCUT2D eigenvalue weighted by molar-refractivity contribution is 0.423. The van der Waals surface area contributed by atoms with Gasteiger partial charge in [0.1, 0.15) is 35.7 Å². The maximum Gasteiger partial charge on any atom is 0.269 e. The Balaban J connectivity index is 1.88. The van der Waals surface area contributed by atoms with E-state index in [1.54, 1.807) is 0 Å². The molecule has 28 heavy (non-hydrogen) atoms. The molecular weight excluding hydrogens is 404 g/mol. The number of rotatable bonds is 6. The molecular formula is C16H12F4N4O3S. The van der Waals surface area contributed by atoms with Gasteiger partial charge in [-0.1, -0.05) is 5.16 Å². The van der Waals surface area contributed by atoms with Crippen molar-refractivity contribution in [3.8, 4) is 0 Å². The Morgan fingerprint density at radius 2 is 1.68 bits per heavy atom. The Kier molecular flexibility index (Phi) is 5.25. The molecule has 0 amide bonds. The van der Waals surface area contributed by atoms with E-state index < -0.39 is 44.4 Å². The van der Waals surface area contributed by atoms with Crippen LogP contribution in [0.15, 0.2) is 52.1 Å². The number of halogens is 4. The van der Waals surface area contributed by atoms with Gasteiger partial charge in [0.15, 0.2) is 10.7 Å². The molecule has 3 rings (SSSR count). The minimum absolute atomic E-state index is 0.274. The fourth-order valence-corrected chi connectivity index (χ4v) is 3.48. The van der Waals surface area contributed by atoms with Crippen LogP contribution >= 0.6 is 0 Å². The molecule has 3 aromatic rings. The summed E-state index contributed by atoms with van der Waals surface area (Å²) >= 11 is 0. The highest BCUT2D eigenvalue weighted by Crippen LogP contribution is 2.27. The molecule has 0 unspecified atom stereocenters. The fraction of sp³-hybridized carbons (Fsp3) is 0.0625. The third kappa shape index (κ3) is 4.07. The first kappa shape index (κ1) is 19.6. The van der Waals surface area contributed by atoms with Crippen molar-refractivity contribution in [3.05, 3.63) is 71.5 Å². The van der Waals surface area contributed by atoms with Gasteiger partial charge >= 0.3 is 0 Å². The van der Waals surface area contributed by atoms with Crippen molar-refractivity contribution in [2.45, 2.75) is 11.1 Å². The van der Waals surface area contributed by atoms with Crippen LogP contribution in [0.5, 0.6) is 0 Å². The Hall–Kier alpha value is -3.12. The van der Waals surface area contributed by atoms with Crippen LogP contribution in [-0.4, -0.2) is 13.6 Å². The first-order valence-electron chi connectivity index (χ1n) is 7.56. The van der Waals surface area contributed by atoms with E-state index in [1.807, 2.05) is 4.72 Å². The predicted octanol–water partition coefficient (Wildman–Crippen LogP) is 3.10. The van der Waals surface area contributed by atoms with E-state index in [4.69, 9.17) is 5.73 Å². The number of benzene rings is 2. The first-order chi connectivity index (χ1) is 13.2. The van der Waals surface area contributed by atoms with Crippen molar-refractivity contribution in [2.75, 3.05) is 10.0 Å². The zero-order chi connectivity index (χ0) is 20.5. The van der Waals surface area contributed by atoms with Gasteiger partial charge in [-0.05, 0) is 30.3 Å². The lowest BCUT2D eigenvalue weighted by Gasteiger charge is -2.17. The van der Waals surface area contributed by atoms with E-state index in [0.717, 1.165) is 30.5 Å². The van der Waals surface area contributed by atoms with Crippen LogP contribution in [0.4, 0.5) is 29.1 Å². The van der Waals surface area contributed by atoms with E-state index in [2.05, 4.69) is 15.0 Å². The summed E-state index contributed by atoms with van der Waals surface area (Å²) < 4.78 is 86.3. The van der Waals surface area contributed by atoms with Crippen LogP contribution in [0.25, 0.3) is 0 Å². The molecule has 0 spiro atoms. The second-order valence-electron chi connectivity index (χ2n) is 5.55. The molecule has 0 aliphatic rings. The Morgan fingerprint density at radius 1 is 1.00 bits per heavy atom. The SMILES string of the molecule is N[C@H](Nc1cc(F)c(S(=O)(=O)Nc2ccon2)c(F)c1)c1cc(F)ccc1F. The van der Waals surface area contributed by atoms with E-state index in [-0.39, 0.29) is 17.1 Å². The van der Waals surface area contributed by atoms with Crippen LogP contribution in [0, 0.1) is 23.3 Å². The van der Waals surface area contributed by atoms with Crippen LogP contribution in [0.2, 0.25) is 0 Å². The van der Waals surface area contributed by atoms with E-state index in [0.29, 0.717) is 12.1 Å². The summed E-state index contributed by atoms with van der Waals surface area (Å²) in [6.07, 6.45) is -0.296. The molecule has 148 valence electrons. The van der Waals surface area contributed by atoms with Crippen molar-refractivity contribution in [1.29, 1.82) is 0 Å². The average molecular weight is 416 g/mol. The Labute approximate surface area is 156 Å². The smallest absolute Gasteiger partial charge is 0.269 e. The lowest BCUT2D eigenvalue weighted by atomic mass is 10.1. The molecule has 1 aromatic heterocycles. The van der Waals surface area contributed by atoms with Gasteiger partial charge in [-0.15, -0.1) is 0 Å². The maximum absolute atomic E-state index is 14.3. The molecule has 12 heteroatoms. The number of nitrogens with zero attached hydrogens (tertiary/aromatic N) is 1. The minimum Gasteiger partial charge on any atom is -0.366 e. The number of nitrogens with one attached hydrogen (secondary N) is 2. The van der Waals surface area contributed by atoms with Gasteiger partial charge in [0.25, 0.3) is 10.0 Å². The van der Waals surface area contributed by atoms with Crippen molar-refractivity contribution < 1.29 is 30.5 Å². The molecule has 0 saturated heterocycles. The third-order valence-electron chi connectivity index (χ3n) is 3.56. The molecule has 0 fully saturated rings. The maximum atomic E-state index is 14.3. The summed E-state index contributed by atoms with van der Waals surface area (Å²) in [5, 5.41) is 5.67. The molecule has 7 nitrogen and oxygen atoms in total. The number of nitrogens with two attached hydrogens (primary N) is 1. The normalized spacial score (nSPS) is 12.6. The summed E-state index contributed by atoms with van der Waals surface area (Å²) in [4.78, 5) is -1.26. The molecule has 0 bridgehead atoms. The van der Waals surface area contributed by atoms with Gasteiger partial charge in [-0.25, -0.2) is 26.0 Å². The van der Waals surface area contributed by atoms with E-state index in [1.165, 1.54) is 0 Å². The molecule has 0 aliphatic carbocycles. The summed E-state index contributed by atoms with van der Waals surface area (Å²) in [6, 6.07) is 4.98. The Bertz CT molecular complexity index is 1080. The summed E-state index contributed by atoms with van der Waals surface area (Å²) in [5.74, 6) is -4.75. The van der Waals surface area contributed by atoms with Gasteiger partial charge in [0, 0.05) is 17.3 Å². The molecule has 2 aromatic carbocycles. The predicted molar refractivity (Wildman–Crippen MR) is 90.6 cm³/mol. The highest BCUT2D eigenvalue weighted by molar-refractivity contribution is 7.92. The zero-order valence-electron chi connectivity index (χ0n) is 13.8. The molecule has 0 saturated carbocycles. The topological polar surface area (TPSA) is 110 Å². The summed E-state index contributed by atoms with van der Waals surface area (Å²) in [5.41, 5.74) is 5.13. The van der Waals surface area contributed by atoms with Gasteiger partial charge in [-0.3, -0.25) is 4.72 Å². The van der Waals surface area contributed by atoms with Gasteiger partial charge in [0.05, 0.1) is 0 Å². The van der Waals surface area contributed by atoms with Crippen LogP contribution in [0.3, 0.4) is 0 Å². The minimum atomic E-state index is -4.65. The molecule has 0 radical (unpaired) electrons. The monoisotopic (exact) mass is 416 g/mol.